The average Bonchev–Trinajstić information content (AvgIpc) is 3.32. The topological polar surface area (TPSA) is 84.7 Å². The molecule has 2 fully saturated rings. The average molecular weight is 521 g/mol. The molecule has 6 rings (SSSR count). The second-order valence-corrected chi connectivity index (χ2v) is 13.2. The van der Waals surface area contributed by atoms with Crippen molar-refractivity contribution in [3.05, 3.63) is 65.4 Å². The van der Waals surface area contributed by atoms with Crippen LogP contribution in [0.5, 0.6) is 0 Å². The molecule has 0 bridgehead atoms. The first kappa shape index (κ1) is 24.1. The number of carbonyl (C=O) groups is 2. The van der Waals surface area contributed by atoms with Crippen LogP contribution in [0, 0.1) is 0 Å². The molecule has 3 aliphatic rings. The van der Waals surface area contributed by atoms with E-state index in [0.29, 0.717) is 48.8 Å². The van der Waals surface area contributed by atoms with Gasteiger partial charge in [0.15, 0.2) is 5.69 Å². The van der Waals surface area contributed by atoms with E-state index in [4.69, 9.17) is 9.84 Å². The smallest absolute Gasteiger partial charge is 0.274 e. The first-order valence-corrected chi connectivity index (χ1v) is 15.3. The normalized spacial score (nSPS) is 19.6. The molecule has 9 heteroatoms. The van der Waals surface area contributed by atoms with Gasteiger partial charge in [0, 0.05) is 53.5 Å². The Kier molecular flexibility index (Phi) is 6.20. The molecule has 3 aliphatic heterocycles. The van der Waals surface area contributed by atoms with Gasteiger partial charge in [-0.2, -0.15) is 5.10 Å². The van der Waals surface area contributed by atoms with Crippen molar-refractivity contribution in [3.8, 4) is 16.9 Å². The van der Waals surface area contributed by atoms with Crippen LogP contribution in [0.2, 0.25) is 0 Å². The first-order valence-electron chi connectivity index (χ1n) is 13.0. The molecule has 3 aromatic rings. The summed E-state index contributed by atoms with van der Waals surface area (Å²) >= 11 is 0. The Morgan fingerprint density at radius 2 is 1.62 bits per heavy atom. The maximum absolute atomic E-state index is 13.8. The fraction of sp³-hybridized carbons (Fsp3) is 0.393. The second-order valence-electron chi connectivity index (χ2n) is 10.2. The quantitative estimate of drug-likeness (QED) is 0.537. The number of fused-ring (bicyclic) bond motifs is 3. The Morgan fingerprint density at radius 3 is 2.41 bits per heavy atom. The van der Waals surface area contributed by atoms with E-state index >= 15 is 0 Å². The van der Waals surface area contributed by atoms with Gasteiger partial charge in [0.1, 0.15) is 0 Å². The summed E-state index contributed by atoms with van der Waals surface area (Å²) in [5.41, 5.74) is 3.98. The van der Waals surface area contributed by atoms with Crippen LogP contribution < -0.4 is 0 Å². The van der Waals surface area contributed by atoms with E-state index < -0.39 is 9.93 Å². The molecule has 1 aromatic heterocycles. The number of aromatic nitrogens is 2. The number of morpholine rings is 1. The lowest BCUT2D eigenvalue weighted by molar-refractivity contribution is 0.0298. The Morgan fingerprint density at radius 1 is 0.892 bits per heavy atom. The van der Waals surface area contributed by atoms with E-state index in [9.17, 15) is 13.8 Å². The number of hydrogen-bond acceptors (Lipinski definition) is 5. The SMILES string of the molecule is C[SH]1(=O)Cc2c(C(=O)N3CCOCC3)nn(-c3cccc(C(=O)N4CCCCC4)c3)c2-c2ccccc21. The Hall–Kier alpha value is -3.30. The minimum Gasteiger partial charge on any atom is -0.378 e. The van der Waals surface area contributed by atoms with Crippen molar-refractivity contribution >= 4 is 21.7 Å². The van der Waals surface area contributed by atoms with E-state index in [-0.39, 0.29) is 17.6 Å². The molecule has 0 N–H and O–H groups in total. The maximum Gasteiger partial charge on any atom is 0.274 e. The third-order valence-electron chi connectivity index (χ3n) is 7.59. The molecule has 0 saturated carbocycles. The first-order chi connectivity index (χ1) is 17.9. The van der Waals surface area contributed by atoms with Crippen LogP contribution in [0.15, 0.2) is 53.4 Å². The minimum absolute atomic E-state index is 0.0191. The standard InChI is InChI=1S/C28H32N4O4S/c1-37(35)19-23-25(28(34)31-14-16-36-17-15-31)29-32(26(23)22-10-3-4-11-24(22)37)21-9-7-8-20(18-21)27(33)30-12-5-2-6-13-30/h3-4,7-11,18,37H,2,5-6,12-17,19H2,1H3. The summed E-state index contributed by atoms with van der Waals surface area (Å²) in [6.45, 7) is 3.53. The number of hydrogen-bond donors (Lipinski definition) is 1. The summed E-state index contributed by atoms with van der Waals surface area (Å²) in [7, 11) is -2.75. The molecule has 4 heterocycles. The molecule has 37 heavy (non-hydrogen) atoms. The number of nitrogens with zero attached hydrogens (tertiary/aromatic N) is 4. The van der Waals surface area contributed by atoms with Gasteiger partial charge in [-0.1, -0.05) is 34.2 Å². The molecule has 0 atom stereocenters. The van der Waals surface area contributed by atoms with E-state index in [0.717, 1.165) is 48.5 Å². The van der Waals surface area contributed by atoms with Gasteiger partial charge in [-0.05, 0) is 49.8 Å². The molecule has 2 amide bonds. The lowest BCUT2D eigenvalue weighted by Crippen LogP contribution is -2.41. The highest BCUT2D eigenvalue weighted by atomic mass is 32.2. The van der Waals surface area contributed by atoms with Crippen LogP contribution in [0.25, 0.3) is 16.9 Å². The number of benzene rings is 2. The largest absolute Gasteiger partial charge is 0.378 e. The van der Waals surface area contributed by atoms with Crippen LogP contribution in [0.1, 0.15) is 45.7 Å². The van der Waals surface area contributed by atoms with Gasteiger partial charge in [0.2, 0.25) is 0 Å². The second kappa shape index (κ2) is 9.54. The molecule has 2 aromatic carbocycles. The van der Waals surface area contributed by atoms with Gasteiger partial charge < -0.3 is 14.5 Å². The summed E-state index contributed by atoms with van der Waals surface area (Å²) in [6.07, 6.45) is 4.99. The van der Waals surface area contributed by atoms with Crippen LogP contribution in [-0.4, -0.2) is 81.3 Å². The number of likely N-dealkylation sites (tertiary alicyclic amines) is 1. The van der Waals surface area contributed by atoms with Crippen LogP contribution in [0.3, 0.4) is 0 Å². The predicted molar refractivity (Wildman–Crippen MR) is 143 cm³/mol. The minimum atomic E-state index is -2.75. The van der Waals surface area contributed by atoms with Gasteiger partial charge in [-0.15, -0.1) is 0 Å². The van der Waals surface area contributed by atoms with Gasteiger partial charge in [0.25, 0.3) is 11.8 Å². The third-order valence-corrected chi connectivity index (χ3v) is 9.92. The van der Waals surface area contributed by atoms with E-state index in [1.54, 1.807) is 15.8 Å². The Labute approximate surface area is 217 Å². The predicted octanol–water partition coefficient (Wildman–Crippen LogP) is 3.16. The molecule has 0 spiro atoms. The fourth-order valence-corrected chi connectivity index (χ4v) is 7.84. The van der Waals surface area contributed by atoms with Crippen LogP contribution in [0.4, 0.5) is 0 Å². The van der Waals surface area contributed by atoms with Crippen molar-refractivity contribution in [1.82, 2.24) is 19.6 Å². The molecule has 8 nitrogen and oxygen atoms in total. The molecule has 2 saturated heterocycles. The monoisotopic (exact) mass is 520 g/mol. The lowest BCUT2D eigenvalue weighted by atomic mass is 10.0. The van der Waals surface area contributed by atoms with Gasteiger partial charge in [-0.3, -0.25) is 13.8 Å². The number of piperidine rings is 1. The van der Waals surface area contributed by atoms with E-state index in [2.05, 4.69) is 0 Å². The van der Waals surface area contributed by atoms with Crippen molar-refractivity contribution in [2.24, 2.45) is 0 Å². The molecular formula is C28H32N4O4S. The zero-order valence-electron chi connectivity index (χ0n) is 21.1. The van der Waals surface area contributed by atoms with Crippen molar-refractivity contribution in [3.63, 3.8) is 0 Å². The highest BCUT2D eigenvalue weighted by Gasteiger charge is 2.36. The van der Waals surface area contributed by atoms with Gasteiger partial charge >= 0.3 is 0 Å². The van der Waals surface area contributed by atoms with Crippen LogP contribution >= 0.6 is 0 Å². The number of carbonyl (C=O) groups excluding carboxylic acids is 2. The summed E-state index contributed by atoms with van der Waals surface area (Å²) in [5.74, 6) is 0.126. The number of rotatable bonds is 3. The molecule has 194 valence electrons. The molecule has 0 unspecified atom stereocenters. The fourth-order valence-electron chi connectivity index (χ4n) is 5.68. The summed E-state index contributed by atoms with van der Waals surface area (Å²) < 4.78 is 21.0. The van der Waals surface area contributed by atoms with Crippen molar-refractivity contribution in [1.29, 1.82) is 0 Å². The van der Waals surface area contributed by atoms with Crippen LogP contribution in [-0.2, 0) is 20.4 Å². The number of ether oxygens (including phenoxy) is 1. The molecular weight excluding hydrogens is 488 g/mol. The van der Waals surface area contributed by atoms with E-state index in [1.165, 1.54) is 0 Å². The zero-order chi connectivity index (χ0) is 25.6. The molecule has 0 aliphatic carbocycles. The highest BCUT2D eigenvalue weighted by Crippen LogP contribution is 2.43. The van der Waals surface area contributed by atoms with Crippen molar-refractivity contribution in [2.45, 2.75) is 29.9 Å². The zero-order valence-corrected chi connectivity index (χ0v) is 22.0. The number of amides is 2. The third kappa shape index (κ3) is 4.30. The summed E-state index contributed by atoms with van der Waals surface area (Å²) in [4.78, 5) is 31.4. The Balaban J connectivity index is 1.49. The Bertz CT molecular complexity index is 1420. The highest BCUT2D eigenvalue weighted by molar-refractivity contribution is 8.01. The van der Waals surface area contributed by atoms with Gasteiger partial charge in [-0.25, -0.2) is 4.68 Å². The lowest BCUT2D eigenvalue weighted by Gasteiger charge is -2.29. The molecule has 0 radical (unpaired) electrons. The van der Waals surface area contributed by atoms with Crippen molar-refractivity contribution < 1.29 is 18.5 Å². The number of thiol groups is 1. The summed E-state index contributed by atoms with van der Waals surface area (Å²) in [6, 6.07) is 15.2. The summed E-state index contributed by atoms with van der Waals surface area (Å²) in [5, 5.41) is 4.85. The van der Waals surface area contributed by atoms with E-state index in [1.807, 2.05) is 53.4 Å². The van der Waals surface area contributed by atoms with Crippen molar-refractivity contribution in [2.75, 3.05) is 45.6 Å². The van der Waals surface area contributed by atoms with Gasteiger partial charge in [0.05, 0.1) is 24.6 Å². The maximum atomic E-state index is 13.8.